The van der Waals surface area contributed by atoms with E-state index in [4.69, 9.17) is 4.42 Å². The lowest BCUT2D eigenvalue weighted by atomic mass is 10.4. The van der Waals surface area contributed by atoms with E-state index in [-0.39, 0.29) is 0 Å². The maximum absolute atomic E-state index is 5.51. The van der Waals surface area contributed by atoms with Crippen molar-refractivity contribution in [2.75, 3.05) is 0 Å². The molecule has 17 heavy (non-hydrogen) atoms. The number of aromatic nitrogens is 3. The lowest BCUT2D eigenvalue weighted by molar-refractivity contribution is 0.431. The zero-order valence-corrected chi connectivity index (χ0v) is 12.2. The van der Waals surface area contributed by atoms with Gasteiger partial charge in [-0.15, -0.1) is 0 Å². The maximum atomic E-state index is 5.51. The Morgan fingerprint density at radius 3 is 2.65 bits per heavy atom. The Morgan fingerprint density at radius 2 is 2.06 bits per heavy atom. The van der Waals surface area contributed by atoms with E-state index >= 15 is 0 Å². The SMILES string of the molecule is CCc1nc(Br)cc(Sc2nc(C)c(C)o2)n1. The molecule has 0 radical (unpaired) electrons. The molecule has 0 amide bonds. The molecule has 6 heteroatoms. The van der Waals surface area contributed by atoms with Gasteiger partial charge in [-0.1, -0.05) is 6.92 Å². The molecule has 0 saturated heterocycles. The number of halogens is 1. The Hall–Kier alpha value is -0.880. The van der Waals surface area contributed by atoms with E-state index in [1.165, 1.54) is 11.8 Å². The first-order valence-electron chi connectivity index (χ1n) is 5.24. The fraction of sp³-hybridized carbons (Fsp3) is 0.364. The first-order valence-corrected chi connectivity index (χ1v) is 6.84. The zero-order valence-electron chi connectivity index (χ0n) is 9.82. The largest absolute Gasteiger partial charge is 0.436 e. The second-order valence-corrected chi connectivity index (χ2v) is 5.31. The molecule has 0 fully saturated rings. The summed E-state index contributed by atoms with van der Waals surface area (Å²) in [6.07, 6.45) is 0.802. The van der Waals surface area contributed by atoms with Gasteiger partial charge in [-0.25, -0.2) is 15.0 Å². The maximum Gasteiger partial charge on any atom is 0.262 e. The van der Waals surface area contributed by atoms with E-state index in [0.717, 1.165) is 33.3 Å². The minimum absolute atomic E-state index is 0.618. The van der Waals surface area contributed by atoms with Crippen molar-refractivity contribution in [3.05, 3.63) is 27.9 Å². The molecule has 0 atom stereocenters. The Balaban J connectivity index is 2.26. The smallest absolute Gasteiger partial charge is 0.262 e. The van der Waals surface area contributed by atoms with Crippen LogP contribution in [0.25, 0.3) is 0 Å². The molecule has 0 bridgehead atoms. The second-order valence-electron chi connectivity index (χ2n) is 3.52. The summed E-state index contributed by atoms with van der Waals surface area (Å²) < 4.78 is 6.29. The van der Waals surface area contributed by atoms with Crippen LogP contribution in [-0.2, 0) is 6.42 Å². The predicted octanol–water partition coefficient (Wildman–Crippen LogP) is 3.56. The van der Waals surface area contributed by atoms with Gasteiger partial charge < -0.3 is 4.42 Å². The van der Waals surface area contributed by atoms with Crippen LogP contribution in [0, 0.1) is 13.8 Å². The van der Waals surface area contributed by atoms with Crippen LogP contribution in [0.4, 0.5) is 0 Å². The molecule has 90 valence electrons. The van der Waals surface area contributed by atoms with E-state index < -0.39 is 0 Å². The number of hydrogen-bond acceptors (Lipinski definition) is 5. The lowest BCUT2D eigenvalue weighted by Crippen LogP contribution is -1.94. The topological polar surface area (TPSA) is 51.8 Å². The molecule has 4 nitrogen and oxygen atoms in total. The number of rotatable bonds is 3. The third-order valence-corrected chi connectivity index (χ3v) is 3.41. The first-order chi connectivity index (χ1) is 8.08. The summed E-state index contributed by atoms with van der Waals surface area (Å²) in [5.41, 5.74) is 0.913. The third-order valence-electron chi connectivity index (χ3n) is 2.23. The molecule has 2 heterocycles. The highest BCUT2D eigenvalue weighted by atomic mass is 79.9. The van der Waals surface area contributed by atoms with Crippen molar-refractivity contribution < 1.29 is 4.42 Å². The first kappa shape index (κ1) is 12.6. The Labute approximate surface area is 112 Å². The molecule has 0 aliphatic heterocycles. The summed E-state index contributed by atoms with van der Waals surface area (Å²) in [6, 6.07) is 1.86. The molecule has 2 aromatic heterocycles. The van der Waals surface area contributed by atoms with Gasteiger partial charge in [0.25, 0.3) is 5.22 Å². The van der Waals surface area contributed by atoms with E-state index in [1.54, 1.807) is 0 Å². The molecular formula is C11H12BrN3OS. The van der Waals surface area contributed by atoms with Crippen molar-refractivity contribution in [1.82, 2.24) is 15.0 Å². The summed E-state index contributed by atoms with van der Waals surface area (Å²) in [6.45, 7) is 5.85. The summed E-state index contributed by atoms with van der Waals surface area (Å²) in [7, 11) is 0. The van der Waals surface area contributed by atoms with Gasteiger partial charge in [0, 0.05) is 12.5 Å². The van der Waals surface area contributed by atoms with Crippen LogP contribution in [0.3, 0.4) is 0 Å². The van der Waals surface area contributed by atoms with Gasteiger partial charge in [0.15, 0.2) is 0 Å². The molecule has 2 rings (SSSR count). The Morgan fingerprint density at radius 1 is 1.29 bits per heavy atom. The molecule has 0 spiro atoms. The van der Waals surface area contributed by atoms with E-state index in [9.17, 15) is 0 Å². The molecule has 0 unspecified atom stereocenters. The highest BCUT2D eigenvalue weighted by molar-refractivity contribution is 9.10. The zero-order chi connectivity index (χ0) is 12.4. The summed E-state index contributed by atoms with van der Waals surface area (Å²) in [5.74, 6) is 1.65. The van der Waals surface area contributed by atoms with Crippen molar-refractivity contribution in [2.24, 2.45) is 0 Å². The Bertz CT molecular complexity index is 522. The van der Waals surface area contributed by atoms with Gasteiger partial charge in [-0.05, 0) is 41.5 Å². The minimum Gasteiger partial charge on any atom is -0.436 e. The highest BCUT2D eigenvalue weighted by Crippen LogP contribution is 2.28. The van der Waals surface area contributed by atoms with E-state index in [2.05, 4.69) is 30.9 Å². The van der Waals surface area contributed by atoms with Crippen LogP contribution in [0.5, 0.6) is 0 Å². The van der Waals surface area contributed by atoms with Gasteiger partial charge in [0.2, 0.25) is 0 Å². The summed E-state index contributed by atoms with van der Waals surface area (Å²) in [5, 5.41) is 1.46. The number of hydrogen-bond donors (Lipinski definition) is 0. The quantitative estimate of drug-likeness (QED) is 0.811. The molecule has 0 aliphatic rings. The standard InChI is InChI=1S/C11H12BrN3OS/c1-4-9-14-8(12)5-10(15-9)17-11-13-6(2)7(3)16-11/h5H,4H2,1-3H3. The minimum atomic E-state index is 0.618. The van der Waals surface area contributed by atoms with Crippen LogP contribution in [0.15, 0.2) is 25.3 Å². The van der Waals surface area contributed by atoms with Gasteiger partial charge in [0.05, 0.1) is 5.69 Å². The van der Waals surface area contributed by atoms with Gasteiger partial charge in [-0.2, -0.15) is 0 Å². The molecule has 2 aromatic rings. The van der Waals surface area contributed by atoms with Crippen LogP contribution >= 0.6 is 27.7 Å². The van der Waals surface area contributed by atoms with E-state index in [0.29, 0.717) is 5.22 Å². The normalized spacial score (nSPS) is 10.8. The average Bonchev–Trinajstić information content (AvgIpc) is 2.57. The van der Waals surface area contributed by atoms with Crippen molar-refractivity contribution in [3.8, 4) is 0 Å². The third kappa shape index (κ3) is 3.07. The fourth-order valence-electron chi connectivity index (χ4n) is 1.23. The molecule has 0 saturated carbocycles. The summed E-state index contributed by atoms with van der Waals surface area (Å²) >= 11 is 4.78. The number of nitrogens with zero attached hydrogens (tertiary/aromatic N) is 3. The molecule has 0 aliphatic carbocycles. The predicted molar refractivity (Wildman–Crippen MR) is 69.2 cm³/mol. The van der Waals surface area contributed by atoms with Crippen LogP contribution < -0.4 is 0 Å². The fourth-order valence-corrected chi connectivity index (χ4v) is 2.65. The van der Waals surface area contributed by atoms with E-state index in [1.807, 2.05) is 26.8 Å². The highest BCUT2D eigenvalue weighted by Gasteiger charge is 2.10. The van der Waals surface area contributed by atoms with Crippen molar-refractivity contribution >= 4 is 27.7 Å². The second kappa shape index (κ2) is 5.18. The molecule has 0 N–H and O–H groups in total. The van der Waals surface area contributed by atoms with Gasteiger partial charge in [0.1, 0.15) is 21.2 Å². The lowest BCUT2D eigenvalue weighted by Gasteiger charge is -2.00. The van der Waals surface area contributed by atoms with Gasteiger partial charge in [-0.3, -0.25) is 0 Å². The van der Waals surface area contributed by atoms with Crippen LogP contribution in [0.1, 0.15) is 24.2 Å². The van der Waals surface area contributed by atoms with Crippen molar-refractivity contribution in [2.45, 2.75) is 37.4 Å². The number of aryl methyl sites for hydroxylation is 3. The van der Waals surface area contributed by atoms with Gasteiger partial charge >= 0.3 is 0 Å². The summed E-state index contributed by atoms with van der Waals surface area (Å²) in [4.78, 5) is 13.0. The number of oxazole rings is 1. The van der Waals surface area contributed by atoms with Crippen molar-refractivity contribution in [3.63, 3.8) is 0 Å². The van der Waals surface area contributed by atoms with Crippen LogP contribution in [0.2, 0.25) is 0 Å². The molecule has 0 aromatic carbocycles. The molecular weight excluding hydrogens is 302 g/mol. The Kier molecular flexibility index (Phi) is 3.83. The monoisotopic (exact) mass is 313 g/mol. The van der Waals surface area contributed by atoms with Crippen LogP contribution in [-0.4, -0.2) is 15.0 Å². The average molecular weight is 314 g/mol. The van der Waals surface area contributed by atoms with Crippen molar-refractivity contribution in [1.29, 1.82) is 0 Å².